The summed E-state index contributed by atoms with van der Waals surface area (Å²) >= 11 is 6.87. The van der Waals surface area contributed by atoms with Crippen LogP contribution in [0, 0.1) is 6.92 Å². The molecule has 2 nitrogen and oxygen atoms in total. The molecule has 1 fully saturated rings. The topological polar surface area (TPSA) is 29.1 Å². The Morgan fingerprint density at radius 2 is 2.22 bits per heavy atom. The van der Waals surface area contributed by atoms with Crippen molar-refractivity contribution in [2.24, 2.45) is 0 Å². The Morgan fingerprint density at radius 1 is 1.56 bits per heavy atom. The van der Waals surface area contributed by atoms with E-state index in [4.69, 9.17) is 0 Å². The number of carbonyl (C=O) groups is 1. The van der Waals surface area contributed by atoms with E-state index in [9.17, 15) is 4.79 Å². The van der Waals surface area contributed by atoms with Gasteiger partial charge in [-0.15, -0.1) is 11.3 Å². The molecule has 1 saturated carbocycles. The van der Waals surface area contributed by atoms with Crippen molar-refractivity contribution in [2.45, 2.75) is 37.4 Å². The Hall–Kier alpha value is -0.0000000000000000833. The molecule has 2 rings (SSSR count). The van der Waals surface area contributed by atoms with Crippen molar-refractivity contribution < 1.29 is 4.79 Å². The summed E-state index contributed by atoms with van der Waals surface area (Å²) in [5.74, 6) is 0.0640. The zero-order valence-electron chi connectivity index (χ0n) is 10.7. The van der Waals surface area contributed by atoms with Crippen LogP contribution in [0.1, 0.15) is 40.9 Å². The van der Waals surface area contributed by atoms with Gasteiger partial charge in [0.1, 0.15) is 0 Å². The molecular formula is C13H18BrNOS2. The number of hydrogen-bond donors (Lipinski definition) is 1. The van der Waals surface area contributed by atoms with Gasteiger partial charge in [0, 0.05) is 11.3 Å². The average molecular weight is 348 g/mol. The molecule has 1 aromatic heterocycles. The van der Waals surface area contributed by atoms with Gasteiger partial charge in [0.15, 0.2) is 0 Å². The minimum absolute atomic E-state index is 0.0640. The summed E-state index contributed by atoms with van der Waals surface area (Å²) in [5, 5.41) is 3.10. The molecular weight excluding hydrogens is 330 g/mol. The molecule has 0 radical (unpaired) electrons. The summed E-state index contributed by atoms with van der Waals surface area (Å²) in [4.78, 5) is 12.9. The van der Waals surface area contributed by atoms with Gasteiger partial charge in [-0.3, -0.25) is 4.79 Å². The Balaban J connectivity index is 1.95. The van der Waals surface area contributed by atoms with Crippen molar-refractivity contribution in [2.75, 3.05) is 12.8 Å². The molecule has 1 N–H and O–H groups in total. The lowest BCUT2D eigenvalue weighted by Gasteiger charge is -2.26. The van der Waals surface area contributed by atoms with Crippen molar-refractivity contribution in [3.63, 3.8) is 0 Å². The van der Waals surface area contributed by atoms with Gasteiger partial charge in [0.05, 0.1) is 8.66 Å². The van der Waals surface area contributed by atoms with E-state index in [1.54, 1.807) is 0 Å². The van der Waals surface area contributed by atoms with E-state index in [0.717, 1.165) is 20.8 Å². The first-order valence-electron chi connectivity index (χ1n) is 6.16. The number of thioether (sulfide) groups is 1. The molecule has 0 bridgehead atoms. The predicted octanol–water partition coefficient (Wildman–Crippen LogP) is 4.22. The molecule has 1 amide bonds. The third-order valence-corrected chi connectivity index (χ3v) is 7.15. The highest BCUT2D eigenvalue weighted by molar-refractivity contribution is 9.11. The summed E-state index contributed by atoms with van der Waals surface area (Å²) < 4.78 is 1.33. The zero-order chi connectivity index (χ0) is 13.2. The summed E-state index contributed by atoms with van der Waals surface area (Å²) in [6, 6.07) is 1.95. The minimum Gasteiger partial charge on any atom is -0.350 e. The van der Waals surface area contributed by atoms with Crippen LogP contribution in [-0.4, -0.2) is 23.5 Å². The Labute approximate surface area is 125 Å². The van der Waals surface area contributed by atoms with Gasteiger partial charge in [0.2, 0.25) is 0 Å². The van der Waals surface area contributed by atoms with Crippen LogP contribution >= 0.6 is 39.0 Å². The lowest BCUT2D eigenvalue weighted by Crippen LogP contribution is -2.38. The molecule has 100 valence electrons. The first-order chi connectivity index (χ1) is 8.56. The maximum absolute atomic E-state index is 12.1. The summed E-state index contributed by atoms with van der Waals surface area (Å²) in [5.41, 5.74) is 1.13. The maximum atomic E-state index is 12.1. The van der Waals surface area contributed by atoms with Crippen molar-refractivity contribution in [3.8, 4) is 0 Å². The van der Waals surface area contributed by atoms with Crippen LogP contribution in [-0.2, 0) is 0 Å². The number of halogens is 1. The maximum Gasteiger partial charge on any atom is 0.261 e. The van der Waals surface area contributed by atoms with Crippen molar-refractivity contribution in [3.05, 3.63) is 20.3 Å². The van der Waals surface area contributed by atoms with Crippen LogP contribution in [0.5, 0.6) is 0 Å². The molecule has 0 spiro atoms. The SMILES string of the molecule is CSC1(CNC(=O)c2cc(C)c(Br)s2)CCCC1. The quantitative estimate of drug-likeness (QED) is 0.883. The van der Waals surface area contributed by atoms with E-state index in [0.29, 0.717) is 0 Å². The lowest BCUT2D eigenvalue weighted by molar-refractivity contribution is 0.0953. The standard InChI is InChI=1S/C13H18BrNOS2/c1-9-7-10(18-11(9)14)12(16)15-8-13(17-2)5-3-4-6-13/h7H,3-6,8H2,1-2H3,(H,15,16). The van der Waals surface area contributed by atoms with Gasteiger partial charge in [0.25, 0.3) is 5.91 Å². The Kier molecular flexibility index (Phi) is 4.78. The average Bonchev–Trinajstić information content (AvgIpc) is 2.95. The van der Waals surface area contributed by atoms with Gasteiger partial charge in [-0.2, -0.15) is 11.8 Å². The fraction of sp³-hybridized carbons (Fsp3) is 0.615. The molecule has 1 aliphatic rings. The van der Waals surface area contributed by atoms with E-state index in [2.05, 4.69) is 27.5 Å². The third kappa shape index (κ3) is 3.11. The minimum atomic E-state index is 0.0640. The van der Waals surface area contributed by atoms with Crippen LogP contribution in [0.15, 0.2) is 9.85 Å². The van der Waals surface area contributed by atoms with E-state index in [1.807, 2.05) is 24.8 Å². The molecule has 0 unspecified atom stereocenters. The molecule has 18 heavy (non-hydrogen) atoms. The molecule has 1 aromatic rings. The summed E-state index contributed by atoms with van der Waals surface area (Å²) in [7, 11) is 0. The monoisotopic (exact) mass is 347 g/mol. The number of aryl methyl sites for hydroxylation is 1. The lowest BCUT2D eigenvalue weighted by atomic mass is 10.1. The van der Waals surface area contributed by atoms with Crippen LogP contribution in [0.2, 0.25) is 0 Å². The van der Waals surface area contributed by atoms with Crippen LogP contribution in [0.25, 0.3) is 0 Å². The first-order valence-corrected chi connectivity index (χ1v) is 8.99. The van der Waals surface area contributed by atoms with Crippen LogP contribution in [0.3, 0.4) is 0 Å². The highest BCUT2D eigenvalue weighted by Gasteiger charge is 2.33. The Bertz CT molecular complexity index is 419. The van der Waals surface area contributed by atoms with E-state index < -0.39 is 0 Å². The van der Waals surface area contributed by atoms with Crippen molar-refractivity contribution >= 4 is 44.9 Å². The highest BCUT2D eigenvalue weighted by atomic mass is 79.9. The van der Waals surface area contributed by atoms with Crippen molar-refractivity contribution in [1.29, 1.82) is 0 Å². The zero-order valence-corrected chi connectivity index (χ0v) is 13.9. The van der Waals surface area contributed by atoms with Gasteiger partial charge in [-0.25, -0.2) is 0 Å². The van der Waals surface area contributed by atoms with Gasteiger partial charge < -0.3 is 5.32 Å². The van der Waals surface area contributed by atoms with E-state index in [1.165, 1.54) is 37.0 Å². The third-order valence-electron chi connectivity index (χ3n) is 3.60. The fourth-order valence-electron chi connectivity index (χ4n) is 2.37. The smallest absolute Gasteiger partial charge is 0.261 e. The molecule has 0 atom stereocenters. The molecule has 0 aliphatic heterocycles. The highest BCUT2D eigenvalue weighted by Crippen LogP contribution is 2.39. The van der Waals surface area contributed by atoms with Gasteiger partial charge in [-0.05, 0) is 53.6 Å². The van der Waals surface area contributed by atoms with E-state index in [-0.39, 0.29) is 10.7 Å². The molecule has 0 saturated heterocycles. The Morgan fingerprint density at radius 3 is 2.72 bits per heavy atom. The van der Waals surface area contributed by atoms with E-state index >= 15 is 0 Å². The number of carbonyl (C=O) groups excluding carboxylic acids is 1. The van der Waals surface area contributed by atoms with Crippen molar-refractivity contribution in [1.82, 2.24) is 5.32 Å². The number of amides is 1. The number of thiophene rings is 1. The molecule has 5 heteroatoms. The van der Waals surface area contributed by atoms with Gasteiger partial charge in [-0.1, -0.05) is 12.8 Å². The second-order valence-electron chi connectivity index (χ2n) is 4.84. The summed E-state index contributed by atoms with van der Waals surface area (Å²) in [6.45, 7) is 2.80. The first kappa shape index (κ1) is 14.4. The second-order valence-corrected chi connectivity index (χ2v) is 8.49. The molecule has 1 heterocycles. The summed E-state index contributed by atoms with van der Waals surface area (Å²) in [6.07, 6.45) is 7.19. The largest absolute Gasteiger partial charge is 0.350 e. The van der Waals surface area contributed by atoms with Crippen LogP contribution in [0.4, 0.5) is 0 Å². The fourth-order valence-corrected chi connectivity index (χ4v) is 4.74. The normalized spacial score (nSPS) is 17.9. The van der Waals surface area contributed by atoms with Crippen LogP contribution < -0.4 is 5.32 Å². The number of hydrogen-bond acceptors (Lipinski definition) is 3. The molecule has 0 aromatic carbocycles. The number of nitrogens with one attached hydrogen (secondary N) is 1. The van der Waals surface area contributed by atoms with Gasteiger partial charge >= 0.3 is 0 Å². The molecule has 1 aliphatic carbocycles. The number of rotatable bonds is 4. The predicted molar refractivity (Wildman–Crippen MR) is 83.8 cm³/mol. The second kappa shape index (κ2) is 5.97.